The summed E-state index contributed by atoms with van der Waals surface area (Å²) in [6.45, 7) is 6.30. The third-order valence-corrected chi connectivity index (χ3v) is 3.73. The molecule has 0 atom stereocenters. The van der Waals surface area contributed by atoms with E-state index in [-0.39, 0.29) is 0 Å². The van der Waals surface area contributed by atoms with E-state index < -0.39 is 0 Å². The van der Waals surface area contributed by atoms with Crippen LogP contribution in [0.4, 0.5) is 0 Å². The minimum Gasteiger partial charge on any atom is -0.298 e. The van der Waals surface area contributed by atoms with Crippen molar-refractivity contribution < 1.29 is 0 Å². The molecule has 1 aromatic heterocycles. The summed E-state index contributed by atoms with van der Waals surface area (Å²) in [5, 5.41) is 13.1. The second-order valence-corrected chi connectivity index (χ2v) is 5.61. The third-order valence-electron chi connectivity index (χ3n) is 3.73. The molecule has 1 aliphatic heterocycles. The lowest BCUT2D eigenvalue weighted by molar-refractivity contribution is 0.0778. The minimum absolute atomic E-state index is 0.702. The zero-order valence-corrected chi connectivity index (χ0v) is 11.7. The molecule has 1 aromatic carbocycles. The summed E-state index contributed by atoms with van der Waals surface area (Å²) < 4.78 is 2.04. The lowest BCUT2D eigenvalue weighted by Crippen LogP contribution is -2.47. The van der Waals surface area contributed by atoms with E-state index in [1.165, 1.54) is 11.1 Å². The Balaban J connectivity index is 1.47. The second kappa shape index (κ2) is 5.48. The lowest BCUT2D eigenvalue weighted by Gasteiger charge is -2.39. The van der Waals surface area contributed by atoms with Crippen molar-refractivity contribution in [1.82, 2.24) is 14.7 Å². The molecule has 2 aromatic rings. The first-order valence-corrected chi connectivity index (χ1v) is 6.93. The average molecular weight is 266 g/mol. The van der Waals surface area contributed by atoms with Crippen molar-refractivity contribution in [2.45, 2.75) is 20.0 Å². The Labute approximate surface area is 119 Å². The van der Waals surface area contributed by atoms with Gasteiger partial charge in [-0.25, -0.2) is 0 Å². The highest BCUT2D eigenvalue weighted by Crippen LogP contribution is 2.20. The van der Waals surface area contributed by atoms with Crippen LogP contribution in [0.5, 0.6) is 0 Å². The first kappa shape index (κ1) is 12.9. The molecule has 2 heterocycles. The SMILES string of the molecule is Cc1cnn(CC2CN(Cc3ccc(C#N)cc3)C2)c1. The van der Waals surface area contributed by atoms with Crippen LogP contribution in [0.2, 0.25) is 0 Å². The number of benzene rings is 1. The topological polar surface area (TPSA) is 44.9 Å². The van der Waals surface area contributed by atoms with Gasteiger partial charge in [0.15, 0.2) is 0 Å². The summed E-state index contributed by atoms with van der Waals surface area (Å²) >= 11 is 0. The van der Waals surface area contributed by atoms with Crippen molar-refractivity contribution in [3.8, 4) is 6.07 Å². The van der Waals surface area contributed by atoms with Crippen molar-refractivity contribution in [3.63, 3.8) is 0 Å². The minimum atomic E-state index is 0.702. The summed E-state index contributed by atoms with van der Waals surface area (Å²) in [6, 6.07) is 10.0. The number of nitrogens with zero attached hydrogens (tertiary/aromatic N) is 4. The molecule has 0 saturated carbocycles. The fourth-order valence-electron chi connectivity index (χ4n) is 2.70. The lowest BCUT2D eigenvalue weighted by atomic mass is 9.99. The molecule has 1 saturated heterocycles. The molecule has 0 N–H and O–H groups in total. The van der Waals surface area contributed by atoms with Gasteiger partial charge in [0.1, 0.15) is 0 Å². The predicted molar refractivity (Wildman–Crippen MR) is 76.9 cm³/mol. The van der Waals surface area contributed by atoms with Crippen LogP contribution in [0, 0.1) is 24.2 Å². The van der Waals surface area contributed by atoms with E-state index in [2.05, 4.69) is 29.2 Å². The van der Waals surface area contributed by atoms with E-state index in [0.717, 1.165) is 31.7 Å². The molecule has 1 fully saturated rings. The molecule has 0 spiro atoms. The monoisotopic (exact) mass is 266 g/mol. The van der Waals surface area contributed by atoms with Crippen LogP contribution >= 0.6 is 0 Å². The number of hydrogen-bond donors (Lipinski definition) is 0. The Kier molecular flexibility index (Phi) is 3.53. The summed E-state index contributed by atoms with van der Waals surface area (Å²) in [4.78, 5) is 2.43. The van der Waals surface area contributed by atoms with Crippen LogP contribution in [-0.4, -0.2) is 27.8 Å². The maximum Gasteiger partial charge on any atom is 0.0991 e. The average Bonchev–Trinajstić information content (AvgIpc) is 2.82. The summed E-state index contributed by atoms with van der Waals surface area (Å²) in [5.41, 5.74) is 3.22. The molecule has 0 unspecified atom stereocenters. The van der Waals surface area contributed by atoms with Crippen molar-refractivity contribution in [2.75, 3.05) is 13.1 Å². The van der Waals surface area contributed by atoms with Gasteiger partial charge in [-0.3, -0.25) is 9.58 Å². The molecular weight excluding hydrogens is 248 g/mol. The van der Waals surface area contributed by atoms with Gasteiger partial charge in [-0.2, -0.15) is 10.4 Å². The summed E-state index contributed by atoms with van der Waals surface area (Å²) in [7, 11) is 0. The van der Waals surface area contributed by atoms with E-state index >= 15 is 0 Å². The van der Waals surface area contributed by atoms with E-state index in [0.29, 0.717) is 5.92 Å². The number of rotatable bonds is 4. The van der Waals surface area contributed by atoms with E-state index in [9.17, 15) is 0 Å². The highest BCUT2D eigenvalue weighted by Gasteiger charge is 2.26. The van der Waals surface area contributed by atoms with Crippen LogP contribution in [0.1, 0.15) is 16.7 Å². The Morgan fingerprint density at radius 3 is 2.65 bits per heavy atom. The normalized spacial score (nSPS) is 15.8. The molecule has 0 bridgehead atoms. The van der Waals surface area contributed by atoms with E-state index in [1.807, 2.05) is 35.1 Å². The summed E-state index contributed by atoms with van der Waals surface area (Å²) in [6.07, 6.45) is 4.01. The van der Waals surface area contributed by atoms with Crippen molar-refractivity contribution in [3.05, 3.63) is 53.3 Å². The predicted octanol–water partition coefficient (Wildman–Crippen LogP) is 2.20. The molecule has 0 aliphatic carbocycles. The fraction of sp³-hybridized carbons (Fsp3) is 0.375. The van der Waals surface area contributed by atoms with Crippen LogP contribution < -0.4 is 0 Å². The van der Waals surface area contributed by atoms with E-state index in [4.69, 9.17) is 5.26 Å². The van der Waals surface area contributed by atoms with Gasteiger partial charge < -0.3 is 0 Å². The van der Waals surface area contributed by atoms with Gasteiger partial charge in [0, 0.05) is 38.3 Å². The Morgan fingerprint density at radius 2 is 2.05 bits per heavy atom. The molecule has 4 heteroatoms. The smallest absolute Gasteiger partial charge is 0.0991 e. The van der Waals surface area contributed by atoms with Crippen molar-refractivity contribution in [1.29, 1.82) is 5.26 Å². The molecule has 4 nitrogen and oxygen atoms in total. The first-order chi connectivity index (χ1) is 9.72. The zero-order chi connectivity index (χ0) is 13.9. The van der Waals surface area contributed by atoms with Crippen LogP contribution in [0.25, 0.3) is 0 Å². The number of aromatic nitrogens is 2. The molecule has 20 heavy (non-hydrogen) atoms. The van der Waals surface area contributed by atoms with Crippen LogP contribution in [-0.2, 0) is 13.1 Å². The molecule has 0 radical (unpaired) electrons. The Morgan fingerprint density at radius 1 is 1.30 bits per heavy atom. The number of likely N-dealkylation sites (tertiary alicyclic amines) is 1. The standard InChI is InChI=1S/C16H18N4/c1-13-7-18-20(8-13)12-16-10-19(11-16)9-15-4-2-14(6-17)3-5-15/h2-5,7-8,16H,9-12H2,1H3. The van der Waals surface area contributed by atoms with Crippen LogP contribution in [0.3, 0.4) is 0 Å². The third kappa shape index (κ3) is 2.89. The van der Waals surface area contributed by atoms with Gasteiger partial charge in [-0.15, -0.1) is 0 Å². The van der Waals surface area contributed by atoms with E-state index in [1.54, 1.807) is 0 Å². The number of hydrogen-bond acceptors (Lipinski definition) is 3. The first-order valence-electron chi connectivity index (χ1n) is 6.93. The highest BCUT2D eigenvalue weighted by atomic mass is 15.3. The van der Waals surface area contributed by atoms with Gasteiger partial charge in [-0.05, 0) is 30.2 Å². The van der Waals surface area contributed by atoms with Gasteiger partial charge in [0.05, 0.1) is 17.8 Å². The Hall–Kier alpha value is -2.12. The maximum atomic E-state index is 8.78. The molecule has 0 amide bonds. The molecule has 102 valence electrons. The number of nitriles is 1. The Bertz CT molecular complexity index is 615. The highest BCUT2D eigenvalue weighted by molar-refractivity contribution is 5.31. The molecule has 3 rings (SSSR count). The maximum absolute atomic E-state index is 8.78. The largest absolute Gasteiger partial charge is 0.298 e. The van der Waals surface area contributed by atoms with Gasteiger partial charge in [0.25, 0.3) is 0 Å². The quantitative estimate of drug-likeness (QED) is 0.852. The van der Waals surface area contributed by atoms with Gasteiger partial charge in [0.2, 0.25) is 0 Å². The van der Waals surface area contributed by atoms with Crippen LogP contribution in [0.15, 0.2) is 36.7 Å². The van der Waals surface area contributed by atoms with Gasteiger partial charge >= 0.3 is 0 Å². The number of aryl methyl sites for hydroxylation is 1. The van der Waals surface area contributed by atoms with Crippen molar-refractivity contribution >= 4 is 0 Å². The second-order valence-electron chi connectivity index (χ2n) is 5.61. The summed E-state index contributed by atoms with van der Waals surface area (Å²) in [5.74, 6) is 0.702. The van der Waals surface area contributed by atoms with Gasteiger partial charge in [-0.1, -0.05) is 12.1 Å². The molecule has 1 aliphatic rings. The molecular formula is C16H18N4. The van der Waals surface area contributed by atoms with Crippen molar-refractivity contribution in [2.24, 2.45) is 5.92 Å². The fourth-order valence-corrected chi connectivity index (χ4v) is 2.70. The zero-order valence-electron chi connectivity index (χ0n) is 11.7.